The van der Waals surface area contributed by atoms with Gasteiger partial charge in [0.05, 0.1) is 36.5 Å². The Kier molecular flexibility index (Phi) is 3.90. The lowest BCUT2D eigenvalue weighted by atomic mass is 10.1. The summed E-state index contributed by atoms with van der Waals surface area (Å²) < 4.78 is 5.38. The number of benzene rings is 1. The van der Waals surface area contributed by atoms with Crippen LogP contribution < -0.4 is 4.90 Å². The SMILES string of the molecule is O=C(c1ccc2nccnc2c1)N1Cc2cnc(N3CCOCC3)nc2C1. The Morgan fingerprint density at radius 2 is 1.81 bits per heavy atom. The Labute approximate surface area is 155 Å². The van der Waals surface area contributed by atoms with Crippen molar-refractivity contribution in [3.8, 4) is 0 Å². The number of aromatic nitrogens is 4. The first-order chi connectivity index (χ1) is 13.3. The summed E-state index contributed by atoms with van der Waals surface area (Å²) in [7, 11) is 0. The van der Waals surface area contributed by atoms with Crippen LogP contribution in [-0.4, -0.2) is 57.0 Å². The summed E-state index contributed by atoms with van der Waals surface area (Å²) in [6.45, 7) is 3.98. The first-order valence-electron chi connectivity index (χ1n) is 8.95. The molecule has 0 unspecified atom stereocenters. The second-order valence-electron chi connectivity index (χ2n) is 6.66. The molecule has 8 heteroatoms. The van der Waals surface area contributed by atoms with Gasteiger partial charge in [-0.3, -0.25) is 14.8 Å². The average molecular weight is 362 g/mol. The second kappa shape index (κ2) is 6.55. The van der Waals surface area contributed by atoms with Gasteiger partial charge in [0, 0.05) is 49.4 Å². The highest BCUT2D eigenvalue weighted by Gasteiger charge is 2.27. The Morgan fingerprint density at radius 1 is 1.00 bits per heavy atom. The summed E-state index contributed by atoms with van der Waals surface area (Å²) in [6.07, 6.45) is 5.11. The number of hydrogen-bond acceptors (Lipinski definition) is 7. The maximum atomic E-state index is 12.9. The number of carbonyl (C=O) groups is 1. The Morgan fingerprint density at radius 3 is 2.67 bits per heavy atom. The third kappa shape index (κ3) is 2.97. The van der Waals surface area contributed by atoms with Crippen LogP contribution in [0.25, 0.3) is 11.0 Å². The molecule has 0 aliphatic carbocycles. The van der Waals surface area contributed by atoms with E-state index in [1.165, 1.54) is 0 Å². The Bertz CT molecular complexity index is 1020. The molecule has 4 heterocycles. The molecule has 2 aliphatic heterocycles. The predicted molar refractivity (Wildman–Crippen MR) is 98.2 cm³/mol. The van der Waals surface area contributed by atoms with E-state index in [0.29, 0.717) is 37.8 Å². The van der Waals surface area contributed by atoms with E-state index >= 15 is 0 Å². The van der Waals surface area contributed by atoms with Crippen LogP contribution in [0.5, 0.6) is 0 Å². The molecule has 0 N–H and O–H groups in total. The van der Waals surface area contributed by atoms with Crippen LogP contribution in [0.4, 0.5) is 5.95 Å². The van der Waals surface area contributed by atoms with Crippen molar-refractivity contribution in [2.45, 2.75) is 13.1 Å². The third-order valence-electron chi connectivity index (χ3n) is 4.94. The van der Waals surface area contributed by atoms with Gasteiger partial charge in [-0.15, -0.1) is 0 Å². The lowest BCUT2D eigenvalue weighted by Crippen LogP contribution is -2.37. The fraction of sp³-hybridized carbons (Fsp3) is 0.316. The van der Waals surface area contributed by atoms with Crippen LogP contribution in [0.3, 0.4) is 0 Å². The predicted octanol–water partition coefficient (Wildman–Crippen LogP) is 1.41. The van der Waals surface area contributed by atoms with Crippen molar-refractivity contribution in [1.29, 1.82) is 0 Å². The number of anilines is 1. The molecule has 8 nitrogen and oxygen atoms in total. The highest BCUT2D eigenvalue weighted by atomic mass is 16.5. The minimum Gasteiger partial charge on any atom is -0.378 e. The van der Waals surface area contributed by atoms with Gasteiger partial charge >= 0.3 is 0 Å². The van der Waals surface area contributed by atoms with Gasteiger partial charge in [0.15, 0.2) is 0 Å². The minimum absolute atomic E-state index is 0.0338. The van der Waals surface area contributed by atoms with Crippen LogP contribution >= 0.6 is 0 Å². The zero-order valence-electron chi connectivity index (χ0n) is 14.7. The fourth-order valence-electron chi connectivity index (χ4n) is 3.48. The highest BCUT2D eigenvalue weighted by molar-refractivity contribution is 5.97. The maximum absolute atomic E-state index is 12.9. The van der Waals surface area contributed by atoms with Crippen LogP contribution in [-0.2, 0) is 17.8 Å². The largest absolute Gasteiger partial charge is 0.378 e. The van der Waals surface area contributed by atoms with E-state index in [4.69, 9.17) is 9.72 Å². The van der Waals surface area contributed by atoms with Gasteiger partial charge in [-0.1, -0.05) is 0 Å². The molecule has 1 aromatic carbocycles. The smallest absolute Gasteiger partial charge is 0.254 e. The van der Waals surface area contributed by atoms with Gasteiger partial charge in [-0.25, -0.2) is 9.97 Å². The van der Waals surface area contributed by atoms with Crippen molar-refractivity contribution >= 4 is 22.9 Å². The molecule has 0 saturated carbocycles. The maximum Gasteiger partial charge on any atom is 0.254 e. The van der Waals surface area contributed by atoms with Gasteiger partial charge in [0.25, 0.3) is 5.91 Å². The lowest BCUT2D eigenvalue weighted by Gasteiger charge is -2.26. The molecule has 1 fully saturated rings. The molecule has 1 saturated heterocycles. The molecular weight excluding hydrogens is 344 g/mol. The minimum atomic E-state index is -0.0338. The fourth-order valence-corrected chi connectivity index (χ4v) is 3.48. The van der Waals surface area contributed by atoms with Gasteiger partial charge in [-0.05, 0) is 18.2 Å². The molecule has 2 aliphatic rings. The molecule has 0 radical (unpaired) electrons. The number of hydrogen-bond donors (Lipinski definition) is 0. The number of nitrogens with zero attached hydrogens (tertiary/aromatic N) is 6. The van der Waals surface area contributed by atoms with Gasteiger partial charge in [0.1, 0.15) is 0 Å². The summed E-state index contributed by atoms with van der Waals surface area (Å²) >= 11 is 0. The monoisotopic (exact) mass is 362 g/mol. The number of carbonyl (C=O) groups excluding carboxylic acids is 1. The zero-order chi connectivity index (χ0) is 18.2. The van der Waals surface area contributed by atoms with Crippen LogP contribution in [0.1, 0.15) is 21.6 Å². The van der Waals surface area contributed by atoms with E-state index in [1.54, 1.807) is 29.4 Å². The van der Waals surface area contributed by atoms with Gasteiger partial charge in [-0.2, -0.15) is 0 Å². The zero-order valence-corrected chi connectivity index (χ0v) is 14.7. The van der Waals surface area contributed by atoms with Crippen molar-refractivity contribution < 1.29 is 9.53 Å². The molecule has 5 rings (SSSR count). The molecular formula is C19H18N6O2. The highest BCUT2D eigenvalue weighted by Crippen LogP contribution is 2.25. The summed E-state index contributed by atoms with van der Waals surface area (Å²) in [6, 6.07) is 5.42. The van der Waals surface area contributed by atoms with E-state index in [-0.39, 0.29) is 5.91 Å². The normalized spacial score (nSPS) is 16.6. The van der Waals surface area contributed by atoms with Crippen molar-refractivity contribution in [2.75, 3.05) is 31.2 Å². The summed E-state index contributed by atoms with van der Waals surface area (Å²) in [5, 5.41) is 0. The molecule has 136 valence electrons. The topological polar surface area (TPSA) is 84.3 Å². The molecule has 0 spiro atoms. The summed E-state index contributed by atoms with van der Waals surface area (Å²) in [4.78, 5) is 34.6. The van der Waals surface area contributed by atoms with E-state index in [2.05, 4.69) is 19.9 Å². The lowest BCUT2D eigenvalue weighted by molar-refractivity contribution is 0.0750. The molecule has 27 heavy (non-hydrogen) atoms. The second-order valence-corrected chi connectivity index (χ2v) is 6.66. The van der Waals surface area contributed by atoms with Crippen LogP contribution in [0, 0.1) is 0 Å². The number of rotatable bonds is 2. The third-order valence-corrected chi connectivity index (χ3v) is 4.94. The first kappa shape index (κ1) is 16.1. The quantitative estimate of drug-likeness (QED) is 0.681. The van der Waals surface area contributed by atoms with Crippen LogP contribution in [0.2, 0.25) is 0 Å². The van der Waals surface area contributed by atoms with E-state index in [9.17, 15) is 4.79 Å². The number of ether oxygens (including phenoxy) is 1. The standard InChI is InChI=1S/C19H18N6O2/c26-18(13-1-2-15-16(9-13)21-4-3-20-15)25-11-14-10-22-19(23-17(14)12-25)24-5-7-27-8-6-24/h1-4,9-10H,5-8,11-12H2. The molecule has 0 bridgehead atoms. The van der Waals surface area contributed by atoms with Crippen LogP contribution in [0.15, 0.2) is 36.8 Å². The summed E-state index contributed by atoms with van der Waals surface area (Å²) in [5.41, 5.74) is 4.02. The molecule has 0 atom stereocenters. The number of amides is 1. The van der Waals surface area contributed by atoms with Gasteiger partial charge in [0.2, 0.25) is 5.95 Å². The Hall–Kier alpha value is -3.13. The first-order valence-corrected chi connectivity index (χ1v) is 8.95. The average Bonchev–Trinajstić information content (AvgIpc) is 3.17. The Balaban J connectivity index is 1.37. The van der Waals surface area contributed by atoms with Crippen molar-refractivity contribution in [2.24, 2.45) is 0 Å². The molecule has 1 amide bonds. The van der Waals surface area contributed by atoms with E-state index in [1.807, 2.05) is 12.3 Å². The van der Waals surface area contributed by atoms with Crippen molar-refractivity contribution in [3.05, 3.63) is 53.6 Å². The van der Waals surface area contributed by atoms with Gasteiger partial charge < -0.3 is 14.5 Å². The number of fused-ring (bicyclic) bond motifs is 2. The van der Waals surface area contributed by atoms with Crippen molar-refractivity contribution in [1.82, 2.24) is 24.8 Å². The molecule has 3 aromatic rings. The number of morpholine rings is 1. The van der Waals surface area contributed by atoms with Crippen molar-refractivity contribution in [3.63, 3.8) is 0 Å². The molecule has 2 aromatic heterocycles. The summed E-state index contributed by atoms with van der Waals surface area (Å²) in [5.74, 6) is 0.681. The van der Waals surface area contributed by atoms with E-state index in [0.717, 1.165) is 35.4 Å². The van der Waals surface area contributed by atoms with E-state index < -0.39 is 0 Å².